The number of methoxy groups -OCH3 is 1. The van der Waals surface area contributed by atoms with E-state index in [2.05, 4.69) is 4.98 Å². The molecule has 0 bridgehead atoms. The summed E-state index contributed by atoms with van der Waals surface area (Å²) >= 11 is 0. The van der Waals surface area contributed by atoms with Crippen molar-refractivity contribution in [1.29, 1.82) is 5.26 Å². The molecule has 0 saturated heterocycles. The van der Waals surface area contributed by atoms with E-state index in [0.29, 0.717) is 5.69 Å². The first kappa shape index (κ1) is 11.9. The average Bonchev–Trinajstić information content (AvgIpc) is 2.46. The summed E-state index contributed by atoms with van der Waals surface area (Å²) in [6.07, 6.45) is 0. The van der Waals surface area contributed by atoms with E-state index in [1.54, 1.807) is 13.2 Å². The van der Waals surface area contributed by atoms with Gasteiger partial charge in [-0.25, -0.2) is 4.98 Å². The topological polar surface area (TPSA) is 49.1 Å². The van der Waals surface area contributed by atoms with Crippen LogP contribution in [-0.4, -0.2) is 19.1 Å². The molecular formula is C14H13N3O. The lowest BCUT2D eigenvalue weighted by molar-refractivity contribution is 0.415. The average molecular weight is 239 g/mol. The van der Waals surface area contributed by atoms with Gasteiger partial charge >= 0.3 is 0 Å². The van der Waals surface area contributed by atoms with Crippen molar-refractivity contribution in [1.82, 2.24) is 4.98 Å². The van der Waals surface area contributed by atoms with Crippen LogP contribution >= 0.6 is 0 Å². The van der Waals surface area contributed by atoms with Crippen molar-refractivity contribution in [3.63, 3.8) is 0 Å². The van der Waals surface area contributed by atoms with Gasteiger partial charge in [-0.2, -0.15) is 5.26 Å². The van der Waals surface area contributed by atoms with Crippen LogP contribution in [0.5, 0.6) is 5.75 Å². The summed E-state index contributed by atoms with van der Waals surface area (Å²) in [5.41, 5.74) is 1.36. The van der Waals surface area contributed by atoms with Gasteiger partial charge in [-0.1, -0.05) is 12.1 Å². The van der Waals surface area contributed by atoms with Crippen LogP contribution in [0.2, 0.25) is 0 Å². The first-order valence-corrected chi connectivity index (χ1v) is 5.49. The highest BCUT2D eigenvalue weighted by atomic mass is 16.5. The molecule has 90 valence electrons. The maximum Gasteiger partial charge on any atom is 0.142 e. The molecule has 0 radical (unpaired) electrons. The molecule has 2 aromatic rings. The Morgan fingerprint density at radius 3 is 2.72 bits per heavy atom. The number of aromatic nitrogens is 1. The molecule has 1 aromatic carbocycles. The number of nitrogens with zero attached hydrogens (tertiary/aromatic N) is 3. The first-order chi connectivity index (χ1) is 8.74. The number of hydrogen-bond acceptors (Lipinski definition) is 4. The minimum Gasteiger partial charge on any atom is -0.497 e. The van der Waals surface area contributed by atoms with Gasteiger partial charge in [0.15, 0.2) is 0 Å². The third-order valence-corrected chi connectivity index (χ3v) is 2.63. The molecule has 0 amide bonds. The Kier molecular flexibility index (Phi) is 3.44. The molecule has 0 aliphatic carbocycles. The zero-order valence-electron chi connectivity index (χ0n) is 10.3. The molecule has 18 heavy (non-hydrogen) atoms. The summed E-state index contributed by atoms with van der Waals surface area (Å²) in [5, 5.41) is 8.85. The molecule has 0 atom stereocenters. The van der Waals surface area contributed by atoms with Crippen molar-refractivity contribution in [3.05, 3.63) is 48.2 Å². The Balaban J connectivity index is 2.35. The third-order valence-electron chi connectivity index (χ3n) is 2.63. The summed E-state index contributed by atoms with van der Waals surface area (Å²) in [4.78, 5) is 6.15. The molecule has 0 N–H and O–H groups in total. The van der Waals surface area contributed by atoms with Crippen LogP contribution < -0.4 is 9.64 Å². The van der Waals surface area contributed by atoms with Crippen molar-refractivity contribution < 1.29 is 4.74 Å². The van der Waals surface area contributed by atoms with Gasteiger partial charge in [-0.05, 0) is 24.3 Å². The number of benzene rings is 1. The summed E-state index contributed by atoms with van der Waals surface area (Å²) in [7, 11) is 3.53. The second-order valence-electron chi connectivity index (χ2n) is 3.75. The standard InChI is InChI=1S/C14H13N3O/c1-17(12-6-4-7-13(9-12)18-2)14-8-3-5-11(10-15)16-14/h3-9H,1-2H3. The molecule has 0 unspecified atom stereocenters. The fraction of sp³-hybridized carbons (Fsp3) is 0.143. The Hall–Kier alpha value is -2.54. The number of anilines is 2. The molecule has 4 heteroatoms. The third kappa shape index (κ3) is 2.41. The van der Waals surface area contributed by atoms with Gasteiger partial charge < -0.3 is 9.64 Å². The molecule has 4 nitrogen and oxygen atoms in total. The maximum atomic E-state index is 8.85. The predicted molar refractivity (Wildman–Crippen MR) is 70.0 cm³/mol. The SMILES string of the molecule is COc1cccc(N(C)c2cccc(C#N)n2)c1. The predicted octanol–water partition coefficient (Wildman–Crippen LogP) is 2.73. The van der Waals surface area contributed by atoms with Crippen molar-refractivity contribution in [2.24, 2.45) is 0 Å². The van der Waals surface area contributed by atoms with Gasteiger partial charge in [0.2, 0.25) is 0 Å². The van der Waals surface area contributed by atoms with Crippen LogP contribution in [0.3, 0.4) is 0 Å². The summed E-state index contributed by atoms with van der Waals surface area (Å²) in [5.74, 6) is 1.51. The molecule has 1 aromatic heterocycles. The number of nitriles is 1. The maximum absolute atomic E-state index is 8.85. The second kappa shape index (κ2) is 5.19. The Labute approximate surface area is 106 Å². The van der Waals surface area contributed by atoms with Gasteiger partial charge in [-0.3, -0.25) is 0 Å². The summed E-state index contributed by atoms with van der Waals surface area (Å²) in [6, 6.07) is 15.1. The lowest BCUT2D eigenvalue weighted by atomic mass is 10.2. The fourth-order valence-electron chi connectivity index (χ4n) is 1.62. The molecule has 2 rings (SSSR count). The van der Waals surface area contributed by atoms with E-state index in [1.165, 1.54) is 0 Å². The normalized spacial score (nSPS) is 9.61. The highest BCUT2D eigenvalue weighted by molar-refractivity contribution is 5.61. The number of hydrogen-bond donors (Lipinski definition) is 0. The molecule has 1 heterocycles. The minimum absolute atomic E-state index is 0.405. The van der Waals surface area contributed by atoms with E-state index in [-0.39, 0.29) is 0 Å². The first-order valence-electron chi connectivity index (χ1n) is 5.49. The number of rotatable bonds is 3. The lowest BCUT2D eigenvalue weighted by Crippen LogP contribution is -2.11. The summed E-state index contributed by atoms with van der Waals surface area (Å²) in [6.45, 7) is 0. The van der Waals surface area contributed by atoms with Crippen molar-refractivity contribution >= 4 is 11.5 Å². The lowest BCUT2D eigenvalue weighted by Gasteiger charge is -2.18. The number of pyridine rings is 1. The molecule has 0 fully saturated rings. The van der Waals surface area contributed by atoms with E-state index in [4.69, 9.17) is 10.00 Å². The molecule has 0 spiro atoms. The van der Waals surface area contributed by atoms with E-state index in [9.17, 15) is 0 Å². The highest BCUT2D eigenvalue weighted by Crippen LogP contribution is 2.25. The van der Waals surface area contributed by atoms with E-state index < -0.39 is 0 Å². The van der Waals surface area contributed by atoms with E-state index >= 15 is 0 Å². The van der Waals surface area contributed by atoms with Crippen LogP contribution in [0.1, 0.15) is 5.69 Å². The van der Waals surface area contributed by atoms with Crippen LogP contribution in [-0.2, 0) is 0 Å². The fourth-order valence-corrected chi connectivity index (χ4v) is 1.62. The second-order valence-corrected chi connectivity index (χ2v) is 3.75. The monoisotopic (exact) mass is 239 g/mol. The zero-order valence-corrected chi connectivity index (χ0v) is 10.3. The zero-order chi connectivity index (χ0) is 13.0. The smallest absolute Gasteiger partial charge is 0.142 e. The minimum atomic E-state index is 0.405. The number of ether oxygens (including phenoxy) is 1. The molecule has 0 saturated carbocycles. The van der Waals surface area contributed by atoms with Gasteiger partial charge in [-0.15, -0.1) is 0 Å². The Morgan fingerprint density at radius 2 is 2.00 bits per heavy atom. The van der Waals surface area contributed by atoms with Crippen LogP contribution in [0.25, 0.3) is 0 Å². The van der Waals surface area contributed by atoms with Crippen LogP contribution in [0.15, 0.2) is 42.5 Å². The molecule has 0 aliphatic heterocycles. The van der Waals surface area contributed by atoms with Gasteiger partial charge in [0, 0.05) is 18.8 Å². The molecule has 0 aliphatic rings. The van der Waals surface area contributed by atoms with Crippen molar-refractivity contribution in [2.45, 2.75) is 0 Å². The highest BCUT2D eigenvalue weighted by Gasteiger charge is 2.06. The Bertz CT molecular complexity index is 590. The van der Waals surface area contributed by atoms with Gasteiger partial charge in [0.05, 0.1) is 7.11 Å². The quantitative estimate of drug-likeness (QED) is 0.826. The van der Waals surface area contributed by atoms with Crippen molar-refractivity contribution in [2.75, 3.05) is 19.1 Å². The largest absolute Gasteiger partial charge is 0.497 e. The van der Waals surface area contributed by atoms with Gasteiger partial charge in [0.25, 0.3) is 0 Å². The van der Waals surface area contributed by atoms with E-state index in [0.717, 1.165) is 17.3 Å². The summed E-state index contributed by atoms with van der Waals surface area (Å²) < 4.78 is 5.19. The van der Waals surface area contributed by atoms with Crippen LogP contribution in [0, 0.1) is 11.3 Å². The molecular weight excluding hydrogens is 226 g/mol. The van der Waals surface area contributed by atoms with Crippen LogP contribution in [0.4, 0.5) is 11.5 Å². The van der Waals surface area contributed by atoms with E-state index in [1.807, 2.05) is 54.4 Å². The Morgan fingerprint density at radius 1 is 1.22 bits per heavy atom. The van der Waals surface area contributed by atoms with Gasteiger partial charge in [0.1, 0.15) is 23.3 Å². The van der Waals surface area contributed by atoms with Crippen molar-refractivity contribution in [3.8, 4) is 11.8 Å².